The molecule has 0 aliphatic carbocycles. The van der Waals surface area contributed by atoms with Gasteiger partial charge in [0.2, 0.25) is 0 Å². The van der Waals surface area contributed by atoms with Gasteiger partial charge in [0.05, 0.1) is 45.3 Å². The van der Waals surface area contributed by atoms with Crippen LogP contribution in [0.4, 0.5) is 0 Å². The SMILES string of the molecule is N#Cc1cc2nc(-c3ccccc3)c(-c3ccccc3)nc2c2c1c(-c1ccccc1-c1nc(-c3ccccc3)nc(-c3ccccc3)n1)nc1ccccc12. The minimum Gasteiger partial charge on any atom is -0.247 e. The van der Waals surface area contributed by atoms with Crippen LogP contribution in [0, 0.1) is 11.3 Å². The van der Waals surface area contributed by atoms with E-state index in [1.165, 1.54) is 0 Å². The zero-order valence-electron chi connectivity index (χ0n) is 29.9. The molecule has 10 rings (SSSR count). The van der Waals surface area contributed by atoms with Gasteiger partial charge in [-0.3, -0.25) is 0 Å². The van der Waals surface area contributed by atoms with Gasteiger partial charge in [0.25, 0.3) is 0 Å². The lowest BCUT2D eigenvalue weighted by atomic mass is 9.92. The van der Waals surface area contributed by atoms with Crippen LogP contribution in [0.3, 0.4) is 0 Å². The topological polar surface area (TPSA) is 101 Å². The first kappa shape index (κ1) is 32.7. The first-order valence-electron chi connectivity index (χ1n) is 18.3. The number of nitriles is 1. The Morgan fingerprint density at radius 2 is 0.821 bits per heavy atom. The fourth-order valence-corrected chi connectivity index (χ4v) is 7.35. The summed E-state index contributed by atoms with van der Waals surface area (Å²) in [6, 6.07) is 60.4. The molecule has 0 saturated carbocycles. The highest BCUT2D eigenvalue weighted by atomic mass is 15.0. The lowest BCUT2D eigenvalue weighted by molar-refractivity contribution is 1.07. The van der Waals surface area contributed by atoms with E-state index in [4.69, 9.17) is 29.9 Å². The number of pyridine rings is 1. The Hall–Kier alpha value is -7.95. The number of nitrogens with zero attached hydrogens (tertiary/aromatic N) is 7. The Labute approximate surface area is 322 Å². The summed E-state index contributed by atoms with van der Waals surface area (Å²) in [7, 11) is 0. The van der Waals surface area contributed by atoms with Gasteiger partial charge in [0, 0.05) is 49.5 Å². The molecule has 0 fully saturated rings. The molecule has 0 spiro atoms. The van der Waals surface area contributed by atoms with Crippen molar-refractivity contribution in [1.82, 2.24) is 29.9 Å². The molecule has 0 amide bonds. The summed E-state index contributed by atoms with van der Waals surface area (Å²) in [5.41, 5.74) is 9.83. The molecule has 260 valence electrons. The van der Waals surface area contributed by atoms with Crippen molar-refractivity contribution >= 4 is 32.7 Å². The van der Waals surface area contributed by atoms with Crippen molar-refractivity contribution in [3.8, 4) is 74.0 Å². The van der Waals surface area contributed by atoms with E-state index in [2.05, 4.69) is 18.2 Å². The van der Waals surface area contributed by atoms with Crippen LogP contribution in [0.1, 0.15) is 5.56 Å². The van der Waals surface area contributed by atoms with Crippen LogP contribution in [-0.4, -0.2) is 29.9 Å². The van der Waals surface area contributed by atoms with Crippen molar-refractivity contribution in [1.29, 1.82) is 5.26 Å². The number of benzene rings is 7. The van der Waals surface area contributed by atoms with Crippen LogP contribution in [0.2, 0.25) is 0 Å². The second-order valence-corrected chi connectivity index (χ2v) is 13.4. The Bertz CT molecular complexity index is 3070. The smallest absolute Gasteiger partial charge is 0.164 e. The second kappa shape index (κ2) is 13.8. The normalized spacial score (nSPS) is 11.2. The molecular weight excluding hydrogens is 687 g/mol. The summed E-state index contributed by atoms with van der Waals surface area (Å²) in [5, 5.41) is 13.3. The molecule has 0 atom stereocenters. The molecule has 3 aromatic heterocycles. The van der Waals surface area contributed by atoms with E-state index in [1.54, 1.807) is 0 Å². The summed E-state index contributed by atoms with van der Waals surface area (Å²) in [4.78, 5) is 31.1. The highest BCUT2D eigenvalue weighted by Gasteiger charge is 2.24. The van der Waals surface area contributed by atoms with Crippen LogP contribution >= 0.6 is 0 Å². The number of rotatable bonds is 6. The van der Waals surface area contributed by atoms with E-state index >= 15 is 0 Å². The van der Waals surface area contributed by atoms with Gasteiger partial charge in [-0.25, -0.2) is 29.9 Å². The minimum absolute atomic E-state index is 0.446. The first-order chi connectivity index (χ1) is 27.7. The molecule has 0 aliphatic rings. The van der Waals surface area contributed by atoms with E-state index in [0.717, 1.165) is 61.1 Å². The lowest BCUT2D eigenvalue weighted by Gasteiger charge is -2.17. The molecule has 7 aromatic carbocycles. The number of hydrogen-bond donors (Lipinski definition) is 0. The number of para-hydroxylation sites is 1. The van der Waals surface area contributed by atoms with Crippen LogP contribution < -0.4 is 0 Å². The Morgan fingerprint density at radius 3 is 1.41 bits per heavy atom. The van der Waals surface area contributed by atoms with Gasteiger partial charge in [-0.15, -0.1) is 0 Å². The third-order valence-electron chi connectivity index (χ3n) is 9.94. The number of aromatic nitrogens is 6. The van der Waals surface area contributed by atoms with E-state index in [9.17, 15) is 5.26 Å². The number of fused-ring (bicyclic) bond motifs is 5. The molecule has 3 heterocycles. The summed E-state index contributed by atoms with van der Waals surface area (Å²) < 4.78 is 0. The average Bonchev–Trinajstić information content (AvgIpc) is 3.29. The van der Waals surface area contributed by atoms with Gasteiger partial charge >= 0.3 is 0 Å². The van der Waals surface area contributed by atoms with E-state index in [-0.39, 0.29) is 0 Å². The van der Waals surface area contributed by atoms with E-state index < -0.39 is 0 Å². The largest absolute Gasteiger partial charge is 0.247 e. The standard InChI is InChI=1S/C49H29N7/c50-30-35-29-40-46(53-44(32-19-7-2-8-20-32)43(52-40)31-17-5-1-6-18-31)42-38-27-15-16-28-39(38)51-45(41(35)42)36-25-13-14-26-37(36)49-55-47(33-21-9-3-10-22-33)54-48(56-49)34-23-11-4-12-24-34/h1-29H. The van der Waals surface area contributed by atoms with Gasteiger partial charge in [-0.2, -0.15) is 5.26 Å². The van der Waals surface area contributed by atoms with E-state index in [1.807, 2.05) is 164 Å². The van der Waals surface area contributed by atoms with Crippen molar-refractivity contribution in [3.05, 3.63) is 181 Å². The summed E-state index contributed by atoms with van der Waals surface area (Å²) in [5.74, 6) is 1.61. The Kier molecular flexibility index (Phi) is 8.05. The van der Waals surface area contributed by atoms with Gasteiger partial charge in [-0.1, -0.05) is 164 Å². The summed E-state index contributed by atoms with van der Waals surface area (Å²) >= 11 is 0. The predicted octanol–water partition coefficient (Wildman–Crippen LogP) is 11.4. The van der Waals surface area contributed by atoms with Crippen LogP contribution in [-0.2, 0) is 0 Å². The van der Waals surface area contributed by atoms with Gasteiger partial charge in [0.15, 0.2) is 17.5 Å². The molecule has 0 unspecified atom stereocenters. The molecule has 0 N–H and O–H groups in total. The summed E-state index contributed by atoms with van der Waals surface area (Å²) in [6.07, 6.45) is 0. The molecule has 0 saturated heterocycles. The minimum atomic E-state index is 0.446. The quantitative estimate of drug-likeness (QED) is 0.158. The van der Waals surface area contributed by atoms with Crippen LogP contribution in [0.15, 0.2) is 176 Å². The maximum Gasteiger partial charge on any atom is 0.164 e. The molecular formula is C49H29N7. The zero-order valence-corrected chi connectivity index (χ0v) is 29.9. The molecule has 56 heavy (non-hydrogen) atoms. The first-order valence-corrected chi connectivity index (χ1v) is 18.3. The molecule has 0 bridgehead atoms. The monoisotopic (exact) mass is 715 g/mol. The third kappa shape index (κ3) is 5.70. The fraction of sp³-hybridized carbons (Fsp3) is 0. The molecule has 0 radical (unpaired) electrons. The highest BCUT2D eigenvalue weighted by Crippen LogP contribution is 2.42. The Balaban J connectivity index is 1.29. The van der Waals surface area contributed by atoms with Crippen molar-refractivity contribution in [3.63, 3.8) is 0 Å². The third-order valence-corrected chi connectivity index (χ3v) is 9.94. The van der Waals surface area contributed by atoms with Gasteiger partial charge < -0.3 is 0 Å². The van der Waals surface area contributed by atoms with Crippen molar-refractivity contribution in [2.45, 2.75) is 0 Å². The van der Waals surface area contributed by atoms with Crippen molar-refractivity contribution < 1.29 is 0 Å². The van der Waals surface area contributed by atoms with Crippen molar-refractivity contribution in [2.75, 3.05) is 0 Å². The average molecular weight is 716 g/mol. The fourth-order valence-electron chi connectivity index (χ4n) is 7.35. The highest BCUT2D eigenvalue weighted by molar-refractivity contribution is 6.23. The molecule has 7 nitrogen and oxygen atoms in total. The maximum absolute atomic E-state index is 10.9. The van der Waals surface area contributed by atoms with Crippen LogP contribution in [0.25, 0.3) is 101 Å². The number of hydrogen-bond acceptors (Lipinski definition) is 7. The van der Waals surface area contributed by atoms with Gasteiger partial charge in [0.1, 0.15) is 0 Å². The van der Waals surface area contributed by atoms with Crippen LogP contribution in [0.5, 0.6) is 0 Å². The van der Waals surface area contributed by atoms with Gasteiger partial charge in [-0.05, 0) is 12.1 Å². The summed E-state index contributed by atoms with van der Waals surface area (Å²) in [6.45, 7) is 0. The van der Waals surface area contributed by atoms with Crippen molar-refractivity contribution in [2.24, 2.45) is 0 Å². The van der Waals surface area contributed by atoms with E-state index in [0.29, 0.717) is 45.2 Å². The lowest BCUT2D eigenvalue weighted by Crippen LogP contribution is -2.02. The molecule has 10 aromatic rings. The second-order valence-electron chi connectivity index (χ2n) is 13.4. The molecule has 7 heteroatoms. The zero-order chi connectivity index (χ0) is 37.4. The predicted molar refractivity (Wildman–Crippen MR) is 223 cm³/mol. The Morgan fingerprint density at radius 1 is 0.357 bits per heavy atom. The molecule has 0 aliphatic heterocycles. The maximum atomic E-state index is 10.9.